The van der Waals surface area contributed by atoms with E-state index in [2.05, 4.69) is 10.6 Å². The third-order valence-corrected chi connectivity index (χ3v) is 7.48. The Kier molecular flexibility index (Phi) is 8.89. The summed E-state index contributed by atoms with van der Waals surface area (Å²) in [5, 5.41) is 15.6. The van der Waals surface area contributed by atoms with Gasteiger partial charge in [0.05, 0.1) is 6.42 Å². The van der Waals surface area contributed by atoms with E-state index in [4.69, 9.17) is 11.6 Å². The predicted octanol–water partition coefficient (Wildman–Crippen LogP) is 4.50. The van der Waals surface area contributed by atoms with Crippen molar-refractivity contribution in [2.45, 2.75) is 57.7 Å². The highest BCUT2D eigenvalue weighted by atomic mass is 35.5. The van der Waals surface area contributed by atoms with Crippen molar-refractivity contribution in [3.63, 3.8) is 0 Å². The first-order valence-corrected chi connectivity index (χ1v) is 13.3. The summed E-state index contributed by atoms with van der Waals surface area (Å²) >= 11 is 6.05. The van der Waals surface area contributed by atoms with Crippen LogP contribution in [-0.2, 0) is 9.59 Å². The summed E-state index contributed by atoms with van der Waals surface area (Å²) in [7, 11) is 0. The van der Waals surface area contributed by atoms with Crippen LogP contribution in [0.1, 0.15) is 54.4 Å². The van der Waals surface area contributed by atoms with Gasteiger partial charge in [0.25, 0.3) is 11.8 Å². The van der Waals surface area contributed by atoms with Crippen molar-refractivity contribution >= 4 is 41.1 Å². The zero-order valence-corrected chi connectivity index (χ0v) is 22.1. The van der Waals surface area contributed by atoms with Crippen molar-refractivity contribution in [2.24, 2.45) is 5.92 Å². The van der Waals surface area contributed by atoms with Gasteiger partial charge in [-0.3, -0.25) is 19.3 Å². The molecule has 38 heavy (non-hydrogen) atoms. The zero-order chi connectivity index (χ0) is 27.2. The molecular weight excluding hydrogens is 508 g/mol. The van der Waals surface area contributed by atoms with Crippen LogP contribution < -0.4 is 10.6 Å². The fraction of sp³-hybridized carbons (Fsp3) is 0.429. The molecule has 2 aliphatic rings. The molecule has 4 rings (SSSR count). The lowest BCUT2D eigenvalue weighted by Gasteiger charge is -2.34. The number of hydrogen-bond donors (Lipinski definition) is 3. The number of carboxylic acids is 1. The number of anilines is 1. The topological polar surface area (TPSA) is 119 Å². The number of nitrogens with zero attached hydrogens (tertiary/aromatic N) is 2. The number of amides is 4. The van der Waals surface area contributed by atoms with Gasteiger partial charge in [-0.05, 0) is 56.0 Å². The van der Waals surface area contributed by atoms with Gasteiger partial charge in [0.2, 0.25) is 0 Å². The van der Waals surface area contributed by atoms with E-state index in [1.165, 1.54) is 9.80 Å². The maximum atomic E-state index is 13.8. The summed E-state index contributed by atoms with van der Waals surface area (Å²) in [6, 6.07) is 12.5. The number of aryl methyl sites for hydroxylation is 1. The van der Waals surface area contributed by atoms with Gasteiger partial charge in [0.1, 0.15) is 0 Å². The minimum absolute atomic E-state index is 0.0280. The summed E-state index contributed by atoms with van der Waals surface area (Å²) in [5.74, 6) is -1.92. The Hall–Kier alpha value is -3.59. The van der Waals surface area contributed by atoms with Crippen molar-refractivity contribution in [1.29, 1.82) is 0 Å². The largest absolute Gasteiger partial charge is 0.481 e. The highest BCUT2D eigenvalue weighted by molar-refractivity contribution is 6.30. The minimum atomic E-state index is -1.23. The lowest BCUT2D eigenvalue weighted by Crippen LogP contribution is -2.57. The monoisotopic (exact) mass is 540 g/mol. The number of rotatable bonds is 7. The van der Waals surface area contributed by atoms with Gasteiger partial charge in [-0.1, -0.05) is 54.6 Å². The molecule has 2 aromatic rings. The Morgan fingerprint density at radius 2 is 1.68 bits per heavy atom. The third-order valence-electron chi connectivity index (χ3n) is 7.24. The van der Waals surface area contributed by atoms with E-state index in [1.807, 2.05) is 19.1 Å². The van der Waals surface area contributed by atoms with Crippen LogP contribution in [0.2, 0.25) is 5.02 Å². The second kappa shape index (κ2) is 12.3. The Morgan fingerprint density at radius 3 is 2.34 bits per heavy atom. The number of nitrogens with one attached hydrogen (secondary N) is 2. The first-order valence-electron chi connectivity index (χ1n) is 13.0. The molecule has 0 radical (unpaired) electrons. The lowest BCUT2D eigenvalue weighted by molar-refractivity contribution is -0.138. The highest BCUT2D eigenvalue weighted by Gasteiger charge is 2.44. The fourth-order valence-electron chi connectivity index (χ4n) is 5.28. The van der Waals surface area contributed by atoms with E-state index >= 15 is 0 Å². The highest BCUT2D eigenvalue weighted by Crippen LogP contribution is 2.29. The minimum Gasteiger partial charge on any atom is -0.481 e. The third kappa shape index (κ3) is 6.64. The average molecular weight is 541 g/mol. The molecule has 2 atom stereocenters. The van der Waals surface area contributed by atoms with Gasteiger partial charge in [-0.15, -0.1) is 0 Å². The first-order chi connectivity index (χ1) is 18.2. The first kappa shape index (κ1) is 27.4. The fourth-order valence-corrected chi connectivity index (χ4v) is 5.47. The molecular formula is C28H33ClN4O5. The second-order valence-corrected chi connectivity index (χ2v) is 10.4. The molecule has 4 amide bonds. The molecule has 2 unspecified atom stereocenters. The quantitative estimate of drug-likeness (QED) is 0.477. The van der Waals surface area contributed by atoms with Crippen molar-refractivity contribution < 1.29 is 24.3 Å². The molecule has 2 fully saturated rings. The van der Waals surface area contributed by atoms with Crippen LogP contribution >= 0.6 is 11.6 Å². The van der Waals surface area contributed by atoms with Crippen LogP contribution in [0.5, 0.6) is 0 Å². The normalized spacial score (nSPS) is 18.6. The molecule has 3 N–H and O–H groups in total. The number of carbonyl (C=O) groups is 4. The maximum absolute atomic E-state index is 13.8. The van der Waals surface area contributed by atoms with E-state index < -0.39 is 30.1 Å². The number of urea groups is 1. The van der Waals surface area contributed by atoms with Gasteiger partial charge < -0.3 is 20.6 Å². The summed E-state index contributed by atoms with van der Waals surface area (Å²) in [4.78, 5) is 54.9. The molecule has 9 nitrogen and oxygen atoms in total. The number of carbonyl (C=O) groups excluding carboxylic acids is 3. The van der Waals surface area contributed by atoms with Gasteiger partial charge >= 0.3 is 12.0 Å². The van der Waals surface area contributed by atoms with Gasteiger partial charge in [0, 0.05) is 35.4 Å². The number of benzene rings is 2. The standard InChI is InChI=1S/C28H33ClN4O5/c1-18-10-12-20(13-11-18)27(37)32-14-15-33(28(38)30-22-9-5-8-21(29)16-22)26(32)25(36)31-23(17-24(34)35)19-6-3-2-4-7-19/h5,8-13,16,19,23,26H,2-4,6-7,14-15,17H2,1H3,(H,30,38)(H,31,36)(H,34,35). The lowest BCUT2D eigenvalue weighted by atomic mass is 9.82. The summed E-state index contributed by atoms with van der Waals surface area (Å²) in [6.45, 7) is 2.20. The Balaban J connectivity index is 1.60. The summed E-state index contributed by atoms with van der Waals surface area (Å²) in [5.41, 5.74) is 1.85. The molecule has 2 aromatic carbocycles. The molecule has 0 spiro atoms. The van der Waals surface area contributed by atoms with E-state index in [-0.39, 0.29) is 31.3 Å². The van der Waals surface area contributed by atoms with E-state index in [9.17, 15) is 24.3 Å². The summed E-state index contributed by atoms with van der Waals surface area (Å²) < 4.78 is 0. The number of aliphatic carboxylic acids is 1. The second-order valence-electron chi connectivity index (χ2n) is 9.98. The Bertz CT molecular complexity index is 1180. The molecule has 1 saturated heterocycles. The molecule has 1 heterocycles. The van der Waals surface area contributed by atoms with Crippen LogP contribution in [0.15, 0.2) is 48.5 Å². The molecule has 1 saturated carbocycles. The summed E-state index contributed by atoms with van der Waals surface area (Å²) in [6.07, 6.45) is 3.25. The predicted molar refractivity (Wildman–Crippen MR) is 144 cm³/mol. The van der Waals surface area contributed by atoms with Crippen molar-refractivity contribution in [3.05, 3.63) is 64.7 Å². The van der Waals surface area contributed by atoms with Crippen LogP contribution in [0.4, 0.5) is 10.5 Å². The smallest absolute Gasteiger partial charge is 0.323 e. The molecule has 10 heteroatoms. The van der Waals surface area contributed by atoms with Crippen LogP contribution in [0.3, 0.4) is 0 Å². The van der Waals surface area contributed by atoms with Gasteiger partial charge in [0.15, 0.2) is 6.17 Å². The van der Waals surface area contributed by atoms with E-state index in [0.717, 1.165) is 37.7 Å². The molecule has 0 bridgehead atoms. The van der Waals surface area contributed by atoms with Crippen LogP contribution in [0, 0.1) is 12.8 Å². The maximum Gasteiger partial charge on any atom is 0.323 e. The Labute approximate surface area is 227 Å². The Morgan fingerprint density at radius 1 is 1.00 bits per heavy atom. The number of carboxylic acid groups (broad SMARTS) is 1. The molecule has 0 aromatic heterocycles. The molecule has 1 aliphatic heterocycles. The SMILES string of the molecule is Cc1ccc(C(=O)N2CCN(C(=O)Nc3cccc(Cl)c3)C2C(=O)NC(CC(=O)O)C2CCCCC2)cc1. The number of hydrogen-bond acceptors (Lipinski definition) is 4. The van der Waals surface area contributed by atoms with Crippen molar-refractivity contribution in [1.82, 2.24) is 15.1 Å². The van der Waals surface area contributed by atoms with E-state index in [0.29, 0.717) is 16.3 Å². The van der Waals surface area contributed by atoms with Crippen molar-refractivity contribution in [2.75, 3.05) is 18.4 Å². The average Bonchev–Trinajstić information content (AvgIpc) is 3.34. The van der Waals surface area contributed by atoms with Gasteiger partial charge in [-0.2, -0.15) is 0 Å². The molecule has 202 valence electrons. The van der Waals surface area contributed by atoms with Crippen molar-refractivity contribution in [3.8, 4) is 0 Å². The van der Waals surface area contributed by atoms with Crippen LogP contribution in [-0.4, -0.2) is 64.0 Å². The number of halogens is 1. The molecule has 1 aliphatic carbocycles. The zero-order valence-electron chi connectivity index (χ0n) is 21.4. The van der Waals surface area contributed by atoms with Gasteiger partial charge in [-0.25, -0.2) is 4.79 Å². The van der Waals surface area contributed by atoms with Crippen LogP contribution in [0.25, 0.3) is 0 Å². The van der Waals surface area contributed by atoms with E-state index in [1.54, 1.807) is 36.4 Å².